The van der Waals surface area contributed by atoms with E-state index in [4.69, 9.17) is 9.47 Å². The summed E-state index contributed by atoms with van der Waals surface area (Å²) in [6.07, 6.45) is 9.92. The maximum Gasteiger partial charge on any atom is 0.302 e. The molecule has 4 aliphatic rings. The summed E-state index contributed by atoms with van der Waals surface area (Å²) in [5, 5.41) is 0. The summed E-state index contributed by atoms with van der Waals surface area (Å²) < 4.78 is 10.7. The average Bonchev–Trinajstić information content (AvgIpc) is 3.10. The minimum atomic E-state index is -0.298. The van der Waals surface area contributed by atoms with Crippen molar-refractivity contribution in [1.82, 2.24) is 0 Å². The molecule has 4 aliphatic carbocycles. The Morgan fingerprint density at radius 2 is 1.76 bits per heavy atom. The third-order valence-electron chi connectivity index (χ3n) is 10.8. The number of carbonyl (C=O) groups is 4. The van der Waals surface area contributed by atoms with Gasteiger partial charge in [-0.1, -0.05) is 39.3 Å². The minimum absolute atomic E-state index is 0.0109. The highest BCUT2D eigenvalue weighted by Gasteiger charge is 2.62. The third kappa shape index (κ3) is 5.31. The lowest BCUT2D eigenvalue weighted by atomic mass is 9.47. The molecule has 0 N–H and O–H groups in total. The number of ether oxygens (including phenoxy) is 2. The molecule has 0 aromatic carbocycles. The smallest absolute Gasteiger partial charge is 0.302 e. The van der Waals surface area contributed by atoms with Crippen molar-refractivity contribution >= 4 is 23.5 Å². The summed E-state index contributed by atoms with van der Waals surface area (Å²) in [5.74, 6) is 0.932. The number of allylic oxidation sites excluding steroid dienone is 1. The number of Topliss-reactive ketones (excluding diaryl/α,β-unsaturated/α-hetero) is 2. The van der Waals surface area contributed by atoms with E-state index < -0.39 is 0 Å². The van der Waals surface area contributed by atoms with E-state index in [0.29, 0.717) is 43.6 Å². The molecular formula is C31H46O6. The predicted octanol–water partition coefficient (Wildman–Crippen LogP) is 5.86. The highest BCUT2D eigenvalue weighted by molar-refractivity contribution is 5.92. The Morgan fingerprint density at radius 3 is 2.43 bits per heavy atom. The summed E-state index contributed by atoms with van der Waals surface area (Å²) >= 11 is 0. The van der Waals surface area contributed by atoms with Crippen molar-refractivity contribution in [3.63, 3.8) is 0 Å². The van der Waals surface area contributed by atoms with Crippen LogP contribution >= 0.6 is 0 Å². The summed E-state index contributed by atoms with van der Waals surface area (Å²) in [7, 11) is 0. The quantitative estimate of drug-likeness (QED) is 0.298. The lowest BCUT2D eigenvalue weighted by Gasteiger charge is -2.58. The zero-order valence-corrected chi connectivity index (χ0v) is 23.6. The first-order valence-electron chi connectivity index (χ1n) is 14.4. The van der Waals surface area contributed by atoms with Crippen molar-refractivity contribution in [2.75, 3.05) is 6.61 Å². The van der Waals surface area contributed by atoms with Gasteiger partial charge in [0.25, 0.3) is 0 Å². The van der Waals surface area contributed by atoms with Gasteiger partial charge in [-0.2, -0.15) is 0 Å². The van der Waals surface area contributed by atoms with Gasteiger partial charge in [0, 0.05) is 44.9 Å². The minimum Gasteiger partial charge on any atom is -0.466 e. The van der Waals surface area contributed by atoms with Crippen molar-refractivity contribution in [1.29, 1.82) is 0 Å². The summed E-state index contributed by atoms with van der Waals surface area (Å²) in [5.41, 5.74) is 1.43. The first kappa shape index (κ1) is 28.0. The molecule has 0 aliphatic heterocycles. The zero-order valence-electron chi connectivity index (χ0n) is 23.6. The SMILES string of the molecule is CC(=O)OC[C@@H](C)CCC(=O)[C@@H](C)C1C(=O)CC2C3CC=C4C[C@@H](OC(C)=O)CC[C@]4(C)C3CC[C@@]21C. The van der Waals surface area contributed by atoms with E-state index in [1.165, 1.54) is 19.4 Å². The molecule has 3 fully saturated rings. The Hall–Kier alpha value is -1.98. The molecule has 0 spiro atoms. The molecular weight excluding hydrogens is 468 g/mol. The summed E-state index contributed by atoms with van der Waals surface area (Å²) in [6.45, 7) is 11.9. The molecule has 0 aromatic heterocycles. The second-order valence-electron chi connectivity index (χ2n) is 13.1. The van der Waals surface area contributed by atoms with Crippen LogP contribution in [0.15, 0.2) is 11.6 Å². The second kappa shape index (κ2) is 10.6. The Bertz CT molecular complexity index is 967. The molecule has 0 radical (unpaired) electrons. The number of rotatable bonds is 8. The van der Waals surface area contributed by atoms with Crippen LogP contribution in [0.3, 0.4) is 0 Å². The van der Waals surface area contributed by atoms with Gasteiger partial charge in [-0.25, -0.2) is 0 Å². The summed E-state index contributed by atoms with van der Waals surface area (Å²) in [4.78, 5) is 49.4. The highest BCUT2D eigenvalue weighted by atomic mass is 16.5. The van der Waals surface area contributed by atoms with Gasteiger partial charge in [0.2, 0.25) is 0 Å². The molecule has 0 bridgehead atoms. The van der Waals surface area contributed by atoms with E-state index in [1.807, 2.05) is 13.8 Å². The Labute approximate surface area is 222 Å². The van der Waals surface area contributed by atoms with Gasteiger partial charge < -0.3 is 9.47 Å². The van der Waals surface area contributed by atoms with E-state index in [-0.39, 0.29) is 58.2 Å². The van der Waals surface area contributed by atoms with E-state index in [1.54, 1.807) is 0 Å². The standard InChI is InChI=1S/C31H46O6/c1-18(17-36-20(3)32)7-10-27(34)19(2)29-28(35)16-26-24-9-8-22-15-23(37-21(4)33)11-13-30(22,5)25(24)12-14-31(26,29)6/h8,18-19,23-26,29H,7,9-17H2,1-6H3/t18-,19+,23-,24?,25?,26?,29?,30-,31-/m0/s1. The zero-order chi connectivity index (χ0) is 27.1. The van der Waals surface area contributed by atoms with E-state index in [9.17, 15) is 19.2 Å². The van der Waals surface area contributed by atoms with Crippen LogP contribution in [0.5, 0.6) is 0 Å². The summed E-state index contributed by atoms with van der Waals surface area (Å²) in [6, 6.07) is 0. The molecule has 0 heterocycles. The third-order valence-corrected chi connectivity index (χ3v) is 10.8. The van der Waals surface area contributed by atoms with Crippen LogP contribution in [0, 0.1) is 46.3 Å². The van der Waals surface area contributed by atoms with Crippen LogP contribution in [0.25, 0.3) is 0 Å². The van der Waals surface area contributed by atoms with Crippen LogP contribution in [-0.2, 0) is 28.7 Å². The molecule has 37 heavy (non-hydrogen) atoms. The Balaban J connectivity index is 1.45. The number of esters is 2. The van der Waals surface area contributed by atoms with Gasteiger partial charge in [-0.05, 0) is 73.0 Å². The van der Waals surface area contributed by atoms with Gasteiger partial charge in [0.1, 0.15) is 17.7 Å². The molecule has 0 saturated heterocycles. The van der Waals surface area contributed by atoms with Crippen molar-refractivity contribution in [3.05, 3.63) is 11.6 Å². The maximum absolute atomic E-state index is 13.5. The topological polar surface area (TPSA) is 86.7 Å². The van der Waals surface area contributed by atoms with Crippen molar-refractivity contribution < 1.29 is 28.7 Å². The lowest BCUT2D eigenvalue weighted by molar-refractivity contribution is -0.149. The van der Waals surface area contributed by atoms with Crippen molar-refractivity contribution in [2.24, 2.45) is 46.3 Å². The molecule has 4 rings (SSSR count). The molecule has 0 amide bonds. The molecule has 3 saturated carbocycles. The highest BCUT2D eigenvalue weighted by Crippen LogP contribution is 2.66. The number of carbonyl (C=O) groups excluding carboxylic acids is 4. The normalized spacial score (nSPS) is 38.4. The number of ketones is 2. The van der Waals surface area contributed by atoms with Crippen molar-refractivity contribution in [3.8, 4) is 0 Å². The first-order chi connectivity index (χ1) is 17.4. The van der Waals surface area contributed by atoms with Crippen LogP contribution in [0.4, 0.5) is 0 Å². The molecule has 4 unspecified atom stereocenters. The van der Waals surface area contributed by atoms with Crippen LogP contribution < -0.4 is 0 Å². The maximum atomic E-state index is 13.5. The molecule has 9 atom stereocenters. The van der Waals surface area contributed by atoms with E-state index in [2.05, 4.69) is 19.9 Å². The molecule has 0 aromatic rings. The number of fused-ring (bicyclic) bond motifs is 5. The van der Waals surface area contributed by atoms with Gasteiger partial charge in [-0.15, -0.1) is 0 Å². The lowest BCUT2D eigenvalue weighted by Crippen LogP contribution is -2.51. The fourth-order valence-electron chi connectivity index (χ4n) is 8.79. The van der Waals surface area contributed by atoms with Crippen LogP contribution in [0.1, 0.15) is 99.3 Å². The molecule has 6 nitrogen and oxygen atoms in total. The molecule has 206 valence electrons. The predicted molar refractivity (Wildman–Crippen MR) is 140 cm³/mol. The monoisotopic (exact) mass is 514 g/mol. The molecule has 6 heteroatoms. The van der Waals surface area contributed by atoms with Gasteiger partial charge in [-0.3, -0.25) is 19.2 Å². The first-order valence-corrected chi connectivity index (χ1v) is 14.4. The number of hydrogen-bond acceptors (Lipinski definition) is 6. The van der Waals surface area contributed by atoms with E-state index in [0.717, 1.165) is 38.5 Å². The fourth-order valence-corrected chi connectivity index (χ4v) is 8.79. The van der Waals surface area contributed by atoms with Crippen molar-refractivity contribution in [2.45, 2.75) is 105 Å². The largest absolute Gasteiger partial charge is 0.466 e. The second-order valence-corrected chi connectivity index (χ2v) is 13.1. The Morgan fingerprint density at radius 1 is 1.03 bits per heavy atom. The van der Waals surface area contributed by atoms with Crippen LogP contribution in [0.2, 0.25) is 0 Å². The van der Waals surface area contributed by atoms with E-state index >= 15 is 0 Å². The van der Waals surface area contributed by atoms with Gasteiger partial charge in [0.15, 0.2) is 0 Å². The van der Waals surface area contributed by atoms with Crippen LogP contribution in [-0.4, -0.2) is 36.2 Å². The Kier molecular flexibility index (Phi) is 8.07. The number of hydrogen-bond donors (Lipinski definition) is 0. The average molecular weight is 515 g/mol. The fraction of sp³-hybridized carbons (Fsp3) is 0.806. The van der Waals surface area contributed by atoms with Gasteiger partial charge in [0.05, 0.1) is 6.61 Å². The van der Waals surface area contributed by atoms with Gasteiger partial charge >= 0.3 is 11.9 Å².